The van der Waals surface area contributed by atoms with Gasteiger partial charge in [0.2, 0.25) is 0 Å². The van der Waals surface area contributed by atoms with Crippen LogP contribution in [-0.2, 0) is 9.53 Å². The summed E-state index contributed by atoms with van der Waals surface area (Å²) in [6.45, 7) is 7.21. The number of aromatic nitrogens is 2. The number of carbonyl (C=O) groups is 2. The van der Waals surface area contributed by atoms with Crippen molar-refractivity contribution in [2.24, 2.45) is 0 Å². The predicted molar refractivity (Wildman–Crippen MR) is 99.6 cm³/mol. The number of anilines is 1. The van der Waals surface area contributed by atoms with Gasteiger partial charge in [-0.1, -0.05) is 17.4 Å². The van der Waals surface area contributed by atoms with Crippen LogP contribution >= 0.6 is 22.7 Å². The highest BCUT2D eigenvalue weighted by atomic mass is 32.1. The number of amides is 1. The molecule has 1 amide bonds. The normalized spacial score (nSPS) is 10.9. The van der Waals surface area contributed by atoms with E-state index in [1.54, 1.807) is 6.92 Å². The minimum Gasteiger partial charge on any atom is -0.451 e. The number of fused-ring (bicyclic) bond motifs is 1. The topological polar surface area (TPSA) is 81.2 Å². The third-order valence-corrected chi connectivity index (χ3v) is 5.47. The van der Waals surface area contributed by atoms with Gasteiger partial charge in [-0.25, -0.2) is 14.8 Å². The first kappa shape index (κ1) is 17.5. The fourth-order valence-corrected chi connectivity index (χ4v) is 4.37. The predicted octanol–water partition coefficient (Wildman–Crippen LogP) is 3.78. The molecule has 0 unspecified atom stereocenters. The van der Waals surface area contributed by atoms with Gasteiger partial charge in [-0.2, -0.15) is 0 Å². The molecule has 1 N–H and O–H groups in total. The van der Waals surface area contributed by atoms with Gasteiger partial charge in [0.1, 0.15) is 4.88 Å². The van der Waals surface area contributed by atoms with E-state index < -0.39 is 11.9 Å². The molecule has 1 aromatic carbocycles. The molecule has 6 nitrogen and oxygen atoms in total. The molecule has 0 bridgehead atoms. The Bertz CT molecular complexity index is 975. The maximum absolute atomic E-state index is 12.0. The highest BCUT2D eigenvalue weighted by Crippen LogP contribution is 2.29. The SMILES string of the molecule is Cc1cc(C)c2nc(NC(=O)COC(=O)c3sc(C)nc3C)sc2c1. The number of carbonyl (C=O) groups excluding carboxylic acids is 2. The van der Waals surface area contributed by atoms with Crippen LogP contribution in [0.15, 0.2) is 12.1 Å². The average Bonchev–Trinajstić information content (AvgIpc) is 3.07. The van der Waals surface area contributed by atoms with E-state index in [9.17, 15) is 9.59 Å². The summed E-state index contributed by atoms with van der Waals surface area (Å²) in [5, 5.41) is 3.96. The molecule has 3 rings (SSSR count). The summed E-state index contributed by atoms with van der Waals surface area (Å²) in [4.78, 5) is 33.1. The fraction of sp³-hybridized carbons (Fsp3) is 0.294. The molecule has 3 aromatic rings. The summed E-state index contributed by atoms with van der Waals surface area (Å²) in [6.07, 6.45) is 0. The van der Waals surface area contributed by atoms with Crippen LogP contribution in [0.4, 0.5) is 5.13 Å². The molecule has 0 aliphatic heterocycles. The van der Waals surface area contributed by atoms with Crippen molar-refractivity contribution in [2.75, 3.05) is 11.9 Å². The molecule has 0 saturated heterocycles. The molecule has 0 saturated carbocycles. The van der Waals surface area contributed by atoms with Crippen molar-refractivity contribution in [3.8, 4) is 0 Å². The van der Waals surface area contributed by atoms with E-state index in [4.69, 9.17) is 4.74 Å². The van der Waals surface area contributed by atoms with Crippen LogP contribution in [0.3, 0.4) is 0 Å². The summed E-state index contributed by atoms with van der Waals surface area (Å²) in [6, 6.07) is 4.08. The van der Waals surface area contributed by atoms with Gasteiger partial charge in [-0.05, 0) is 44.9 Å². The van der Waals surface area contributed by atoms with E-state index in [2.05, 4.69) is 21.4 Å². The number of thiazole rings is 2. The molecule has 0 atom stereocenters. The minimum atomic E-state index is -0.533. The second-order valence-corrected chi connectivity index (χ2v) is 7.95. The van der Waals surface area contributed by atoms with Gasteiger partial charge in [-0.15, -0.1) is 11.3 Å². The smallest absolute Gasteiger partial charge is 0.350 e. The Morgan fingerprint density at radius 2 is 1.88 bits per heavy atom. The number of nitrogens with zero attached hydrogens (tertiary/aromatic N) is 2. The Morgan fingerprint density at radius 3 is 2.56 bits per heavy atom. The number of nitrogens with one attached hydrogen (secondary N) is 1. The van der Waals surface area contributed by atoms with Crippen LogP contribution in [0.5, 0.6) is 0 Å². The second-order valence-electron chi connectivity index (χ2n) is 5.72. The molecule has 8 heteroatoms. The van der Waals surface area contributed by atoms with Crippen LogP contribution < -0.4 is 5.32 Å². The number of benzene rings is 1. The van der Waals surface area contributed by atoms with Crippen molar-refractivity contribution in [2.45, 2.75) is 27.7 Å². The minimum absolute atomic E-state index is 0.358. The van der Waals surface area contributed by atoms with Crippen molar-refractivity contribution in [3.05, 3.63) is 38.8 Å². The highest BCUT2D eigenvalue weighted by molar-refractivity contribution is 7.22. The third-order valence-electron chi connectivity index (χ3n) is 3.50. The molecular weight excluding hydrogens is 358 g/mol. The van der Waals surface area contributed by atoms with Crippen molar-refractivity contribution in [1.82, 2.24) is 9.97 Å². The maximum atomic E-state index is 12.0. The first-order chi connectivity index (χ1) is 11.8. The van der Waals surface area contributed by atoms with Crippen LogP contribution in [0.2, 0.25) is 0 Å². The van der Waals surface area contributed by atoms with Gasteiger partial charge in [0.15, 0.2) is 11.7 Å². The second kappa shape index (κ2) is 6.89. The lowest BCUT2D eigenvalue weighted by Crippen LogP contribution is -2.20. The molecule has 2 heterocycles. The standard InChI is InChI=1S/C17H17N3O3S2/c1-8-5-9(2)14-12(6-8)25-17(20-14)19-13(21)7-23-16(22)15-10(3)18-11(4)24-15/h5-6H,7H2,1-4H3,(H,19,20,21). The summed E-state index contributed by atoms with van der Waals surface area (Å²) in [7, 11) is 0. The molecular formula is C17H17N3O3S2. The molecule has 25 heavy (non-hydrogen) atoms. The summed E-state index contributed by atoms with van der Waals surface area (Å²) < 4.78 is 6.08. The number of hydrogen-bond acceptors (Lipinski definition) is 7. The van der Waals surface area contributed by atoms with Crippen molar-refractivity contribution < 1.29 is 14.3 Å². The molecule has 130 valence electrons. The Kier molecular flexibility index (Phi) is 4.82. The van der Waals surface area contributed by atoms with E-state index in [-0.39, 0.29) is 6.61 Å². The number of hydrogen-bond donors (Lipinski definition) is 1. The zero-order chi connectivity index (χ0) is 18.1. The number of rotatable bonds is 4. The van der Waals surface area contributed by atoms with Crippen LogP contribution in [0.1, 0.15) is 31.5 Å². The summed E-state index contributed by atoms with van der Waals surface area (Å²) in [5.41, 5.74) is 3.70. The molecule has 0 fully saturated rings. The Balaban J connectivity index is 1.64. The van der Waals surface area contributed by atoms with Gasteiger partial charge in [0, 0.05) is 0 Å². The molecule has 2 aromatic heterocycles. The Labute approximate surface area is 152 Å². The van der Waals surface area contributed by atoms with Crippen LogP contribution in [0, 0.1) is 27.7 Å². The third kappa shape index (κ3) is 3.85. The molecule has 0 aliphatic rings. The number of aryl methyl sites for hydroxylation is 4. The Morgan fingerprint density at radius 1 is 1.12 bits per heavy atom. The van der Waals surface area contributed by atoms with Crippen molar-refractivity contribution in [1.29, 1.82) is 0 Å². The van der Waals surface area contributed by atoms with Gasteiger partial charge >= 0.3 is 5.97 Å². The zero-order valence-corrected chi connectivity index (χ0v) is 15.9. The molecule has 0 spiro atoms. The first-order valence-corrected chi connectivity index (χ1v) is 9.25. The van der Waals surface area contributed by atoms with E-state index >= 15 is 0 Å². The van der Waals surface area contributed by atoms with Crippen LogP contribution in [-0.4, -0.2) is 28.5 Å². The van der Waals surface area contributed by atoms with Crippen molar-refractivity contribution >= 4 is 49.9 Å². The van der Waals surface area contributed by atoms with E-state index in [1.807, 2.05) is 26.8 Å². The van der Waals surface area contributed by atoms with E-state index in [0.29, 0.717) is 15.7 Å². The lowest BCUT2D eigenvalue weighted by molar-refractivity contribution is -0.119. The lowest BCUT2D eigenvalue weighted by atomic mass is 10.1. The molecule has 0 radical (unpaired) electrons. The fourth-order valence-electron chi connectivity index (χ4n) is 2.50. The van der Waals surface area contributed by atoms with Gasteiger partial charge in [-0.3, -0.25) is 10.1 Å². The van der Waals surface area contributed by atoms with E-state index in [0.717, 1.165) is 26.4 Å². The maximum Gasteiger partial charge on any atom is 0.350 e. The number of esters is 1. The monoisotopic (exact) mass is 375 g/mol. The van der Waals surface area contributed by atoms with E-state index in [1.165, 1.54) is 22.7 Å². The number of ether oxygens (including phenoxy) is 1. The van der Waals surface area contributed by atoms with Gasteiger partial charge in [0.05, 0.1) is 20.9 Å². The van der Waals surface area contributed by atoms with Gasteiger partial charge in [0.25, 0.3) is 5.91 Å². The average molecular weight is 375 g/mol. The highest BCUT2D eigenvalue weighted by Gasteiger charge is 2.17. The Hall–Kier alpha value is -2.32. The first-order valence-electron chi connectivity index (χ1n) is 7.62. The molecule has 0 aliphatic carbocycles. The van der Waals surface area contributed by atoms with Gasteiger partial charge < -0.3 is 4.74 Å². The summed E-state index contributed by atoms with van der Waals surface area (Å²) >= 11 is 2.66. The largest absolute Gasteiger partial charge is 0.451 e. The zero-order valence-electron chi connectivity index (χ0n) is 14.3. The van der Waals surface area contributed by atoms with Crippen molar-refractivity contribution in [3.63, 3.8) is 0 Å². The van der Waals surface area contributed by atoms with Crippen LogP contribution in [0.25, 0.3) is 10.2 Å². The lowest BCUT2D eigenvalue weighted by Gasteiger charge is -2.03. The summed E-state index contributed by atoms with van der Waals surface area (Å²) in [5.74, 6) is -0.949. The quantitative estimate of drug-likeness (QED) is 0.702.